The zero-order valence-corrected chi connectivity index (χ0v) is 13.6. The molecule has 1 aromatic rings. The molecule has 0 fully saturated rings. The van der Waals surface area contributed by atoms with E-state index in [1.54, 1.807) is 13.2 Å². The van der Waals surface area contributed by atoms with Crippen LogP contribution in [0.1, 0.15) is 37.8 Å². The Balaban J connectivity index is 2.52. The molecule has 120 valence electrons. The molecule has 0 heterocycles. The van der Waals surface area contributed by atoms with Gasteiger partial charge in [0, 0.05) is 31.9 Å². The highest BCUT2D eigenvalue weighted by atomic mass is 19.1. The molecule has 0 aliphatic carbocycles. The van der Waals surface area contributed by atoms with E-state index in [0.717, 1.165) is 51.1 Å². The zero-order chi connectivity index (χ0) is 15.5. The van der Waals surface area contributed by atoms with Crippen LogP contribution >= 0.6 is 0 Å². The Bertz CT molecular complexity index is 387. The van der Waals surface area contributed by atoms with Crippen LogP contribution in [-0.4, -0.2) is 45.3 Å². The van der Waals surface area contributed by atoms with E-state index in [9.17, 15) is 4.39 Å². The third-order valence-electron chi connectivity index (χ3n) is 3.61. The fourth-order valence-corrected chi connectivity index (χ4v) is 2.38. The number of hydrogen-bond donors (Lipinski definition) is 1. The highest BCUT2D eigenvalue weighted by molar-refractivity contribution is 5.21. The van der Waals surface area contributed by atoms with Crippen molar-refractivity contribution in [3.8, 4) is 0 Å². The van der Waals surface area contributed by atoms with Gasteiger partial charge in [0.25, 0.3) is 0 Å². The second-order valence-electron chi connectivity index (χ2n) is 5.47. The molecule has 0 amide bonds. The van der Waals surface area contributed by atoms with E-state index >= 15 is 0 Å². The van der Waals surface area contributed by atoms with Crippen molar-refractivity contribution in [2.24, 2.45) is 0 Å². The summed E-state index contributed by atoms with van der Waals surface area (Å²) < 4.78 is 19.0. The maximum absolute atomic E-state index is 14.0. The van der Waals surface area contributed by atoms with E-state index in [0.29, 0.717) is 0 Å². The van der Waals surface area contributed by atoms with Gasteiger partial charge in [-0.25, -0.2) is 4.39 Å². The number of rotatable bonds is 11. The molecule has 3 nitrogen and oxygen atoms in total. The van der Waals surface area contributed by atoms with Crippen LogP contribution in [0.4, 0.5) is 4.39 Å². The van der Waals surface area contributed by atoms with Crippen molar-refractivity contribution in [1.29, 1.82) is 0 Å². The van der Waals surface area contributed by atoms with Crippen molar-refractivity contribution in [2.75, 3.05) is 40.4 Å². The van der Waals surface area contributed by atoms with Crippen LogP contribution in [-0.2, 0) is 4.74 Å². The highest BCUT2D eigenvalue weighted by Crippen LogP contribution is 2.20. The maximum atomic E-state index is 14.0. The molecule has 0 saturated heterocycles. The summed E-state index contributed by atoms with van der Waals surface area (Å²) in [6.45, 7) is 5.77. The first-order valence-corrected chi connectivity index (χ1v) is 7.84. The number of methoxy groups -OCH3 is 1. The molecule has 1 aromatic carbocycles. The molecule has 1 atom stereocenters. The predicted molar refractivity (Wildman–Crippen MR) is 86.0 cm³/mol. The smallest absolute Gasteiger partial charge is 0.127 e. The third-order valence-corrected chi connectivity index (χ3v) is 3.61. The predicted octanol–water partition coefficient (Wildman–Crippen LogP) is 3.22. The highest BCUT2D eigenvalue weighted by Gasteiger charge is 2.15. The second kappa shape index (κ2) is 10.7. The van der Waals surface area contributed by atoms with E-state index in [4.69, 9.17) is 4.74 Å². The lowest BCUT2D eigenvalue weighted by Gasteiger charge is -2.23. The van der Waals surface area contributed by atoms with Crippen molar-refractivity contribution in [2.45, 2.75) is 32.2 Å². The van der Waals surface area contributed by atoms with Crippen LogP contribution in [0.15, 0.2) is 24.3 Å². The molecule has 4 heteroatoms. The van der Waals surface area contributed by atoms with E-state index in [-0.39, 0.29) is 11.9 Å². The summed E-state index contributed by atoms with van der Waals surface area (Å²) >= 11 is 0. The number of ether oxygens (including phenoxy) is 1. The molecule has 0 aliphatic heterocycles. The van der Waals surface area contributed by atoms with Gasteiger partial charge in [0.05, 0.1) is 0 Å². The largest absolute Gasteiger partial charge is 0.385 e. The minimum Gasteiger partial charge on any atom is -0.385 e. The molecule has 21 heavy (non-hydrogen) atoms. The van der Waals surface area contributed by atoms with Gasteiger partial charge in [-0.15, -0.1) is 0 Å². The average molecular weight is 296 g/mol. The quantitative estimate of drug-likeness (QED) is 0.635. The number of hydrogen-bond acceptors (Lipinski definition) is 3. The molecule has 0 aliphatic rings. The van der Waals surface area contributed by atoms with Gasteiger partial charge >= 0.3 is 0 Å². The van der Waals surface area contributed by atoms with Crippen LogP contribution in [0, 0.1) is 5.82 Å². The SMILES string of the molecule is CCCNC(CCN(C)CCCOC)c1ccccc1F. The summed E-state index contributed by atoms with van der Waals surface area (Å²) in [5.41, 5.74) is 0.774. The Hall–Kier alpha value is -0.970. The van der Waals surface area contributed by atoms with E-state index < -0.39 is 0 Å². The molecule has 0 bridgehead atoms. The first-order valence-electron chi connectivity index (χ1n) is 7.84. The van der Waals surface area contributed by atoms with Gasteiger partial charge in [0.15, 0.2) is 0 Å². The monoisotopic (exact) mass is 296 g/mol. The Morgan fingerprint density at radius 3 is 2.71 bits per heavy atom. The van der Waals surface area contributed by atoms with Crippen molar-refractivity contribution in [3.63, 3.8) is 0 Å². The summed E-state index contributed by atoms with van der Waals surface area (Å²) in [6, 6.07) is 7.15. The minimum atomic E-state index is -0.117. The first kappa shape index (κ1) is 18.1. The number of nitrogens with one attached hydrogen (secondary N) is 1. The van der Waals surface area contributed by atoms with Gasteiger partial charge in [0.1, 0.15) is 5.82 Å². The summed E-state index contributed by atoms with van der Waals surface area (Å²) in [5.74, 6) is -0.117. The first-order chi connectivity index (χ1) is 10.2. The van der Waals surface area contributed by atoms with Crippen molar-refractivity contribution in [3.05, 3.63) is 35.6 Å². The summed E-state index contributed by atoms with van der Waals surface area (Å²) in [6.07, 6.45) is 2.98. The number of benzene rings is 1. The fraction of sp³-hybridized carbons (Fsp3) is 0.647. The standard InChI is InChI=1S/C17H29FN2O/c1-4-11-19-17(15-8-5-6-9-16(15)18)10-13-20(2)12-7-14-21-3/h5-6,8-9,17,19H,4,7,10-14H2,1-3H3. The van der Waals surface area contributed by atoms with Gasteiger partial charge in [-0.05, 0) is 45.5 Å². The van der Waals surface area contributed by atoms with Crippen LogP contribution in [0.3, 0.4) is 0 Å². The molecule has 0 aromatic heterocycles. The molecule has 1 N–H and O–H groups in total. The molecular weight excluding hydrogens is 267 g/mol. The Morgan fingerprint density at radius 1 is 1.29 bits per heavy atom. The number of halogens is 1. The Labute approximate surface area is 128 Å². The van der Waals surface area contributed by atoms with Gasteiger partial charge in [-0.3, -0.25) is 0 Å². The summed E-state index contributed by atoms with van der Waals surface area (Å²) in [5, 5.41) is 3.46. The molecule has 1 unspecified atom stereocenters. The van der Waals surface area contributed by atoms with E-state index in [2.05, 4.69) is 24.2 Å². The summed E-state index contributed by atoms with van der Waals surface area (Å²) in [4.78, 5) is 2.28. The van der Waals surface area contributed by atoms with Crippen LogP contribution in [0.2, 0.25) is 0 Å². The second-order valence-corrected chi connectivity index (χ2v) is 5.47. The maximum Gasteiger partial charge on any atom is 0.127 e. The molecule has 0 saturated carbocycles. The average Bonchev–Trinajstić information content (AvgIpc) is 2.49. The molecule has 1 rings (SSSR count). The van der Waals surface area contributed by atoms with Gasteiger partial charge < -0.3 is 15.0 Å². The minimum absolute atomic E-state index is 0.0797. The third kappa shape index (κ3) is 7.02. The fourth-order valence-electron chi connectivity index (χ4n) is 2.38. The Kier molecular flexibility index (Phi) is 9.22. The van der Waals surface area contributed by atoms with Crippen LogP contribution in [0.25, 0.3) is 0 Å². The zero-order valence-electron chi connectivity index (χ0n) is 13.6. The number of nitrogens with zero attached hydrogens (tertiary/aromatic N) is 1. The van der Waals surface area contributed by atoms with Crippen LogP contribution in [0.5, 0.6) is 0 Å². The lowest BCUT2D eigenvalue weighted by molar-refractivity contribution is 0.178. The van der Waals surface area contributed by atoms with E-state index in [1.807, 2.05) is 12.1 Å². The normalized spacial score (nSPS) is 12.8. The Morgan fingerprint density at radius 2 is 2.05 bits per heavy atom. The van der Waals surface area contributed by atoms with Crippen LogP contribution < -0.4 is 5.32 Å². The van der Waals surface area contributed by atoms with Gasteiger partial charge in [-0.2, -0.15) is 0 Å². The van der Waals surface area contributed by atoms with Crippen molar-refractivity contribution in [1.82, 2.24) is 10.2 Å². The topological polar surface area (TPSA) is 24.5 Å². The lowest BCUT2D eigenvalue weighted by Crippen LogP contribution is -2.29. The van der Waals surface area contributed by atoms with Gasteiger partial charge in [-0.1, -0.05) is 25.1 Å². The van der Waals surface area contributed by atoms with E-state index in [1.165, 1.54) is 6.07 Å². The van der Waals surface area contributed by atoms with Crippen molar-refractivity contribution >= 4 is 0 Å². The van der Waals surface area contributed by atoms with Crippen molar-refractivity contribution < 1.29 is 9.13 Å². The van der Waals surface area contributed by atoms with Gasteiger partial charge in [0.2, 0.25) is 0 Å². The molecule has 0 spiro atoms. The summed E-state index contributed by atoms with van der Waals surface area (Å²) in [7, 11) is 3.83. The molecule has 0 radical (unpaired) electrons. The lowest BCUT2D eigenvalue weighted by atomic mass is 10.0. The molecular formula is C17H29FN2O.